The van der Waals surface area contributed by atoms with Crippen LogP contribution in [0.2, 0.25) is 5.02 Å². The molecule has 9 heteroatoms. The molecular weight excluding hydrogens is 396 g/mol. The highest BCUT2D eigenvalue weighted by atomic mass is 35.5. The Labute approximate surface area is 169 Å². The highest BCUT2D eigenvalue weighted by Gasteiger charge is 2.28. The van der Waals surface area contributed by atoms with Gasteiger partial charge < -0.3 is 10.3 Å². The van der Waals surface area contributed by atoms with Crippen molar-refractivity contribution in [3.8, 4) is 5.00 Å². The number of benzene rings is 1. The van der Waals surface area contributed by atoms with Crippen molar-refractivity contribution in [2.24, 2.45) is 0 Å². The first-order chi connectivity index (χ1) is 13.6. The third-order valence-corrected chi connectivity index (χ3v) is 6.05. The predicted octanol–water partition coefficient (Wildman–Crippen LogP) is 4.27. The first kappa shape index (κ1) is 17.4. The van der Waals surface area contributed by atoms with Crippen molar-refractivity contribution in [1.29, 1.82) is 0 Å². The van der Waals surface area contributed by atoms with Gasteiger partial charge in [-0.3, -0.25) is 4.79 Å². The highest BCUT2D eigenvalue weighted by molar-refractivity contribution is 7.17. The fourth-order valence-corrected chi connectivity index (χ4v) is 4.33. The smallest absolute Gasteiger partial charge is 0.253 e. The van der Waals surface area contributed by atoms with E-state index in [1.54, 1.807) is 12.3 Å². The van der Waals surface area contributed by atoms with Crippen molar-refractivity contribution in [3.05, 3.63) is 63.3 Å². The van der Waals surface area contributed by atoms with Crippen molar-refractivity contribution >= 4 is 39.0 Å². The van der Waals surface area contributed by atoms with Gasteiger partial charge in [0.05, 0.1) is 24.1 Å². The molecule has 0 saturated heterocycles. The molecule has 0 amide bonds. The highest BCUT2D eigenvalue weighted by Crippen LogP contribution is 2.41. The maximum atomic E-state index is 12.5. The number of aromatic nitrogens is 5. The lowest BCUT2D eigenvalue weighted by Crippen LogP contribution is -2.19. The van der Waals surface area contributed by atoms with Gasteiger partial charge in [-0.2, -0.15) is 0 Å². The summed E-state index contributed by atoms with van der Waals surface area (Å²) < 4.78 is 1.86. The van der Waals surface area contributed by atoms with Gasteiger partial charge in [-0.05, 0) is 44.0 Å². The molecule has 0 aliphatic heterocycles. The SMILES string of the molecule is C[C@H](Nc1ncc(-n2nncc2C2CC2)s1)c1cc2cc(Cl)ccc2[nH]c1=O. The van der Waals surface area contributed by atoms with Crippen molar-refractivity contribution in [1.82, 2.24) is 25.0 Å². The summed E-state index contributed by atoms with van der Waals surface area (Å²) in [7, 11) is 0. The number of hydrogen-bond acceptors (Lipinski definition) is 6. The molecule has 1 atom stereocenters. The van der Waals surface area contributed by atoms with E-state index in [-0.39, 0.29) is 11.6 Å². The molecule has 0 radical (unpaired) electrons. The zero-order valence-corrected chi connectivity index (χ0v) is 16.6. The second-order valence-electron chi connectivity index (χ2n) is 7.00. The number of aromatic amines is 1. The number of thiazole rings is 1. The summed E-state index contributed by atoms with van der Waals surface area (Å²) in [6.45, 7) is 1.94. The van der Waals surface area contributed by atoms with Gasteiger partial charge in [0.2, 0.25) is 0 Å². The van der Waals surface area contributed by atoms with E-state index in [2.05, 4.69) is 25.6 Å². The Kier molecular flexibility index (Phi) is 4.17. The second-order valence-corrected chi connectivity index (χ2v) is 8.45. The third kappa shape index (κ3) is 3.18. The Balaban J connectivity index is 1.41. The molecule has 4 aromatic rings. The van der Waals surface area contributed by atoms with Crippen LogP contribution in [0.5, 0.6) is 0 Å². The zero-order chi connectivity index (χ0) is 19.3. The predicted molar refractivity (Wildman–Crippen MR) is 111 cm³/mol. The van der Waals surface area contributed by atoms with E-state index >= 15 is 0 Å². The number of rotatable bonds is 5. The number of nitrogens with one attached hydrogen (secondary N) is 2. The van der Waals surface area contributed by atoms with Crippen molar-refractivity contribution < 1.29 is 0 Å². The quantitative estimate of drug-likeness (QED) is 0.511. The largest absolute Gasteiger partial charge is 0.355 e. The van der Waals surface area contributed by atoms with E-state index < -0.39 is 0 Å². The fourth-order valence-electron chi connectivity index (χ4n) is 3.28. The standard InChI is InChI=1S/C19H17ClN6OS/c1-10(14-7-12-6-13(20)4-5-15(12)24-18(14)27)23-19-21-9-17(28-19)26-16(8-22-25-26)11-2-3-11/h4-11H,2-3H2,1H3,(H,21,23)(H,24,27)/t10-/m0/s1. The average Bonchev–Trinajstić information content (AvgIpc) is 3.21. The van der Waals surface area contributed by atoms with Crippen LogP contribution >= 0.6 is 22.9 Å². The summed E-state index contributed by atoms with van der Waals surface area (Å²) in [4.78, 5) is 19.9. The second kappa shape index (κ2) is 6.72. The lowest BCUT2D eigenvalue weighted by atomic mass is 10.1. The molecule has 3 heterocycles. The summed E-state index contributed by atoms with van der Waals surface area (Å²) in [5.41, 5.74) is 2.40. The van der Waals surface area contributed by atoms with E-state index in [0.717, 1.165) is 26.7 Å². The number of fused-ring (bicyclic) bond motifs is 1. The topological polar surface area (TPSA) is 88.5 Å². The maximum absolute atomic E-state index is 12.5. The Bertz CT molecular complexity index is 1220. The van der Waals surface area contributed by atoms with Gasteiger partial charge in [-0.15, -0.1) is 5.10 Å². The van der Waals surface area contributed by atoms with Gasteiger partial charge >= 0.3 is 0 Å². The monoisotopic (exact) mass is 412 g/mol. The van der Waals surface area contributed by atoms with Gasteiger partial charge in [0.15, 0.2) is 5.13 Å². The van der Waals surface area contributed by atoms with Crippen molar-refractivity contribution in [3.63, 3.8) is 0 Å². The molecule has 1 fully saturated rings. The van der Waals surface area contributed by atoms with Crippen molar-refractivity contribution in [2.45, 2.75) is 31.7 Å². The summed E-state index contributed by atoms with van der Waals surface area (Å²) in [5, 5.41) is 14.7. The molecule has 5 rings (SSSR count). The van der Waals surface area contributed by atoms with Crippen molar-refractivity contribution in [2.75, 3.05) is 5.32 Å². The summed E-state index contributed by atoms with van der Waals surface area (Å²) in [6, 6.07) is 7.07. The molecule has 0 unspecified atom stereocenters. The maximum Gasteiger partial charge on any atom is 0.253 e. The number of H-pyrrole nitrogens is 1. The van der Waals surface area contributed by atoms with Crippen LogP contribution in [0.3, 0.4) is 0 Å². The summed E-state index contributed by atoms with van der Waals surface area (Å²) in [5.74, 6) is 0.551. The molecule has 1 saturated carbocycles. The zero-order valence-electron chi connectivity index (χ0n) is 15.0. The van der Waals surface area contributed by atoms with Gasteiger partial charge in [0.25, 0.3) is 5.56 Å². The Morgan fingerprint density at radius 2 is 2.18 bits per heavy atom. The summed E-state index contributed by atoms with van der Waals surface area (Å²) in [6.07, 6.45) is 5.98. The fraction of sp³-hybridized carbons (Fsp3) is 0.263. The molecular formula is C19H17ClN6OS. The number of pyridine rings is 1. The van der Waals surface area contributed by atoms with E-state index in [9.17, 15) is 4.79 Å². The van der Waals surface area contributed by atoms with Gasteiger partial charge in [0.1, 0.15) is 5.00 Å². The normalized spacial score (nSPS) is 15.1. The first-order valence-corrected chi connectivity index (χ1v) is 10.2. The van der Waals surface area contributed by atoms with Gasteiger partial charge in [-0.1, -0.05) is 28.2 Å². The molecule has 142 valence electrons. The molecule has 7 nitrogen and oxygen atoms in total. The van der Waals surface area contributed by atoms with E-state index in [1.165, 1.54) is 24.2 Å². The summed E-state index contributed by atoms with van der Waals surface area (Å²) >= 11 is 7.57. The Hall–Kier alpha value is -2.71. The minimum atomic E-state index is -0.218. The lowest BCUT2D eigenvalue weighted by molar-refractivity contribution is 0.773. The lowest BCUT2D eigenvalue weighted by Gasteiger charge is -2.13. The Morgan fingerprint density at radius 1 is 1.32 bits per heavy atom. The van der Waals surface area contributed by atoms with Gasteiger partial charge in [0, 0.05) is 27.4 Å². The molecule has 1 aromatic carbocycles. The number of nitrogens with zero attached hydrogens (tertiary/aromatic N) is 4. The number of halogens is 1. The molecule has 1 aliphatic carbocycles. The van der Waals surface area contributed by atoms with Crippen LogP contribution < -0.4 is 10.9 Å². The number of anilines is 1. The molecule has 2 N–H and O–H groups in total. The van der Waals surface area contributed by atoms with Crippen LogP contribution in [-0.4, -0.2) is 25.0 Å². The molecule has 1 aliphatic rings. The van der Waals surface area contributed by atoms with Crippen LogP contribution in [0.25, 0.3) is 15.9 Å². The minimum Gasteiger partial charge on any atom is -0.355 e. The van der Waals surface area contributed by atoms with Crippen LogP contribution in [0.1, 0.15) is 43.0 Å². The molecule has 0 bridgehead atoms. The van der Waals surface area contributed by atoms with E-state index in [1.807, 2.05) is 36.0 Å². The average molecular weight is 413 g/mol. The Morgan fingerprint density at radius 3 is 3.00 bits per heavy atom. The van der Waals surface area contributed by atoms with Crippen LogP contribution in [-0.2, 0) is 0 Å². The molecule has 3 aromatic heterocycles. The first-order valence-electron chi connectivity index (χ1n) is 9.04. The number of hydrogen-bond donors (Lipinski definition) is 2. The molecule has 0 spiro atoms. The van der Waals surface area contributed by atoms with Gasteiger partial charge in [-0.25, -0.2) is 9.67 Å². The van der Waals surface area contributed by atoms with Crippen LogP contribution in [0.15, 0.2) is 41.5 Å². The minimum absolute atomic E-state index is 0.126. The van der Waals surface area contributed by atoms with E-state index in [0.29, 0.717) is 16.5 Å². The third-order valence-electron chi connectivity index (χ3n) is 4.92. The molecule has 28 heavy (non-hydrogen) atoms. The van der Waals surface area contributed by atoms with E-state index in [4.69, 9.17) is 11.6 Å². The van der Waals surface area contributed by atoms with Crippen LogP contribution in [0.4, 0.5) is 5.13 Å². The van der Waals surface area contributed by atoms with Crippen LogP contribution in [0, 0.1) is 0 Å².